The van der Waals surface area contributed by atoms with Crippen LogP contribution in [0.5, 0.6) is 0 Å². The predicted molar refractivity (Wildman–Crippen MR) is 52.2 cm³/mol. The number of nitrogens with one attached hydrogen (secondary N) is 1. The molecule has 1 aliphatic heterocycles. The number of hydrogen-bond acceptors (Lipinski definition) is 3. The van der Waals surface area contributed by atoms with Crippen molar-refractivity contribution in [3.63, 3.8) is 0 Å². The number of amides is 2. The maximum Gasteiger partial charge on any atom is 0.329 e. The third kappa shape index (κ3) is 2.15. The van der Waals surface area contributed by atoms with Crippen LogP contribution in [0.4, 0.5) is 4.79 Å². The maximum absolute atomic E-state index is 11.8. The second-order valence-corrected chi connectivity index (χ2v) is 3.34. The zero-order valence-electron chi connectivity index (χ0n) is 8.22. The van der Waals surface area contributed by atoms with E-state index in [4.69, 9.17) is 0 Å². The molecule has 2 rings (SSSR count). The quantitative estimate of drug-likeness (QED) is 0.635. The van der Waals surface area contributed by atoms with Crippen molar-refractivity contribution in [2.75, 3.05) is 19.6 Å². The Kier molecular flexibility index (Phi) is 2.66. The largest absolute Gasteiger partial charge is 0.354 e. The van der Waals surface area contributed by atoms with Gasteiger partial charge in [-0.15, -0.1) is 0 Å². The van der Waals surface area contributed by atoms with Gasteiger partial charge in [-0.1, -0.05) is 0 Å². The Hall–Kier alpha value is -1.85. The molecule has 0 aromatic carbocycles. The van der Waals surface area contributed by atoms with Crippen LogP contribution in [0.15, 0.2) is 18.7 Å². The van der Waals surface area contributed by atoms with Crippen LogP contribution in [0.2, 0.25) is 0 Å². The molecule has 1 aromatic rings. The SMILES string of the molecule is O=C1CCN(C(=O)n2ccnc2)CCN1. The van der Waals surface area contributed by atoms with Gasteiger partial charge in [0, 0.05) is 38.4 Å². The van der Waals surface area contributed by atoms with Crippen LogP contribution in [0, 0.1) is 0 Å². The second kappa shape index (κ2) is 4.12. The summed E-state index contributed by atoms with van der Waals surface area (Å²) in [6, 6.07) is -0.135. The van der Waals surface area contributed by atoms with Crippen molar-refractivity contribution in [3.05, 3.63) is 18.7 Å². The number of rotatable bonds is 0. The van der Waals surface area contributed by atoms with E-state index in [0.29, 0.717) is 26.1 Å². The predicted octanol–water partition coefficient (Wildman–Crippen LogP) is -0.327. The number of aromatic nitrogens is 2. The standard InChI is InChI=1S/C9H12N4O2/c14-8-1-4-12(6-3-11-8)9(15)13-5-2-10-7-13/h2,5,7H,1,3-4,6H2,(H,11,14). The molecule has 0 unspecified atom stereocenters. The van der Waals surface area contributed by atoms with Gasteiger partial charge in [-0.05, 0) is 0 Å². The third-order valence-electron chi connectivity index (χ3n) is 2.31. The molecule has 80 valence electrons. The lowest BCUT2D eigenvalue weighted by Crippen LogP contribution is -2.36. The normalized spacial score (nSPS) is 17.1. The lowest BCUT2D eigenvalue weighted by Gasteiger charge is -2.18. The van der Waals surface area contributed by atoms with Crippen LogP contribution < -0.4 is 5.32 Å². The average Bonchev–Trinajstić information content (AvgIpc) is 2.67. The van der Waals surface area contributed by atoms with Crippen molar-refractivity contribution < 1.29 is 9.59 Å². The lowest BCUT2D eigenvalue weighted by molar-refractivity contribution is -0.120. The van der Waals surface area contributed by atoms with Gasteiger partial charge in [0.15, 0.2) is 0 Å². The van der Waals surface area contributed by atoms with Crippen molar-refractivity contribution in [2.24, 2.45) is 0 Å². The van der Waals surface area contributed by atoms with E-state index in [1.54, 1.807) is 17.3 Å². The summed E-state index contributed by atoms with van der Waals surface area (Å²) in [5.74, 6) is -0.00377. The molecule has 6 heteroatoms. The molecule has 0 saturated carbocycles. The molecular weight excluding hydrogens is 196 g/mol. The van der Waals surface area contributed by atoms with Crippen LogP contribution in [-0.4, -0.2) is 46.0 Å². The smallest absolute Gasteiger partial charge is 0.329 e. The summed E-state index contributed by atoms with van der Waals surface area (Å²) in [7, 11) is 0. The van der Waals surface area contributed by atoms with Gasteiger partial charge in [0.05, 0.1) is 0 Å². The highest BCUT2D eigenvalue weighted by Crippen LogP contribution is 2.00. The van der Waals surface area contributed by atoms with Crippen LogP contribution in [-0.2, 0) is 4.79 Å². The molecule has 0 bridgehead atoms. The lowest BCUT2D eigenvalue weighted by atomic mass is 10.4. The van der Waals surface area contributed by atoms with Crippen LogP contribution in [0.1, 0.15) is 6.42 Å². The number of nitrogens with zero attached hydrogens (tertiary/aromatic N) is 3. The second-order valence-electron chi connectivity index (χ2n) is 3.34. The first kappa shape index (κ1) is 9.70. The number of hydrogen-bond donors (Lipinski definition) is 1. The van der Waals surface area contributed by atoms with Gasteiger partial charge >= 0.3 is 6.03 Å². The Balaban J connectivity index is 2.04. The highest BCUT2D eigenvalue weighted by molar-refractivity contribution is 5.80. The van der Waals surface area contributed by atoms with Crippen molar-refractivity contribution in [1.82, 2.24) is 19.8 Å². The fraction of sp³-hybridized carbons (Fsp3) is 0.444. The Labute approximate surface area is 86.9 Å². The molecule has 1 N–H and O–H groups in total. The van der Waals surface area contributed by atoms with E-state index < -0.39 is 0 Å². The first-order chi connectivity index (χ1) is 7.27. The minimum atomic E-state index is -0.135. The molecule has 2 amide bonds. The van der Waals surface area contributed by atoms with Gasteiger partial charge in [-0.25, -0.2) is 9.78 Å². The van der Waals surface area contributed by atoms with Crippen molar-refractivity contribution in [3.8, 4) is 0 Å². The summed E-state index contributed by atoms with van der Waals surface area (Å²) in [5, 5.41) is 2.72. The molecule has 1 saturated heterocycles. The zero-order chi connectivity index (χ0) is 10.7. The summed E-state index contributed by atoms with van der Waals surface area (Å²) >= 11 is 0. The number of imidazole rings is 1. The highest BCUT2D eigenvalue weighted by atomic mass is 16.2. The maximum atomic E-state index is 11.8. The number of carbonyl (C=O) groups excluding carboxylic acids is 2. The minimum absolute atomic E-state index is 0.00377. The van der Waals surface area contributed by atoms with E-state index in [1.165, 1.54) is 10.9 Å². The molecule has 0 aliphatic carbocycles. The van der Waals surface area contributed by atoms with Crippen LogP contribution in [0.3, 0.4) is 0 Å². The average molecular weight is 208 g/mol. The fourth-order valence-corrected chi connectivity index (χ4v) is 1.49. The van der Waals surface area contributed by atoms with E-state index in [0.717, 1.165) is 0 Å². The summed E-state index contributed by atoms with van der Waals surface area (Å²) < 4.78 is 1.41. The zero-order valence-corrected chi connectivity index (χ0v) is 8.22. The molecule has 1 aliphatic rings. The van der Waals surface area contributed by atoms with Crippen molar-refractivity contribution in [2.45, 2.75) is 6.42 Å². The van der Waals surface area contributed by atoms with Crippen LogP contribution in [0.25, 0.3) is 0 Å². The summed E-state index contributed by atoms with van der Waals surface area (Å²) in [5.41, 5.74) is 0. The van der Waals surface area contributed by atoms with E-state index in [1.807, 2.05) is 0 Å². The monoisotopic (exact) mass is 208 g/mol. The first-order valence-electron chi connectivity index (χ1n) is 4.81. The van der Waals surface area contributed by atoms with Gasteiger partial charge in [-0.2, -0.15) is 0 Å². The minimum Gasteiger partial charge on any atom is -0.354 e. The van der Waals surface area contributed by atoms with Gasteiger partial charge in [0.25, 0.3) is 0 Å². The summed E-state index contributed by atoms with van der Waals surface area (Å²) in [6.07, 6.45) is 4.98. The molecule has 0 atom stereocenters. The van der Waals surface area contributed by atoms with E-state index in [2.05, 4.69) is 10.3 Å². The van der Waals surface area contributed by atoms with Crippen molar-refractivity contribution in [1.29, 1.82) is 0 Å². The van der Waals surface area contributed by atoms with Crippen LogP contribution >= 0.6 is 0 Å². The Morgan fingerprint density at radius 3 is 3.07 bits per heavy atom. The molecule has 0 spiro atoms. The summed E-state index contributed by atoms with van der Waals surface area (Å²) in [4.78, 5) is 28.3. The number of carbonyl (C=O) groups is 2. The van der Waals surface area contributed by atoms with E-state index in [-0.39, 0.29) is 11.9 Å². The van der Waals surface area contributed by atoms with Gasteiger partial charge in [-0.3, -0.25) is 9.36 Å². The first-order valence-corrected chi connectivity index (χ1v) is 4.81. The molecule has 2 heterocycles. The van der Waals surface area contributed by atoms with E-state index in [9.17, 15) is 9.59 Å². The van der Waals surface area contributed by atoms with Gasteiger partial charge < -0.3 is 10.2 Å². The molecule has 0 radical (unpaired) electrons. The molecular formula is C9H12N4O2. The van der Waals surface area contributed by atoms with Crippen molar-refractivity contribution >= 4 is 11.9 Å². The summed E-state index contributed by atoms with van der Waals surface area (Å²) in [6.45, 7) is 1.52. The molecule has 15 heavy (non-hydrogen) atoms. The molecule has 1 aromatic heterocycles. The van der Waals surface area contributed by atoms with Gasteiger partial charge in [0.2, 0.25) is 5.91 Å². The Bertz CT molecular complexity index is 360. The molecule has 1 fully saturated rings. The Morgan fingerprint density at radius 1 is 1.47 bits per heavy atom. The fourth-order valence-electron chi connectivity index (χ4n) is 1.49. The van der Waals surface area contributed by atoms with E-state index >= 15 is 0 Å². The topological polar surface area (TPSA) is 67.2 Å². The highest BCUT2D eigenvalue weighted by Gasteiger charge is 2.18. The Morgan fingerprint density at radius 2 is 2.33 bits per heavy atom. The van der Waals surface area contributed by atoms with Gasteiger partial charge in [0.1, 0.15) is 6.33 Å². The molecule has 6 nitrogen and oxygen atoms in total. The third-order valence-corrected chi connectivity index (χ3v) is 2.31.